The highest BCUT2D eigenvalue weighted by Gasteiger charge is 2.23. The zero-order chi connectivity index (χ0) is 52.7. The maximum atomic E-state index is 12.9. The maximum absolute atomic E-state index is 12.9. The van der Waals surface area contributed by atoms with Crippen molar-refractivity contribution >= 4 is 13.7 Å². The Morgan fingerprint density at radius 3 is 1.29 bits per heavy atom. The minimum Gasteiger partial charge on any atom is -0.756 e. The van der Waals surface area contributed by atoms with Crippen LogP contribution < -0.4 is 10.2 Å². The maximum Gasteiger partial charge on any atom is 0.268 e. The van der Waals surface area contributed by atoms with Crippen molar-refractivity contribution in [2.24, 2.45) is 0 Å². The number of carbonyl (C=O) groups excluding carboxylic acids is 1. The third kappa shape index (κ3) is 54.2. The molecule has 0 aromatic rings. The van der Waals surface area contributed by atoms with E-state index in [0.29, 0.717) is 17.4 Å². The molecule has 0 aromatic heterocycles. The number of aliphatic hydroxyl groups is 1. The van der Waals surface area contributed by atoms with E-state index in [4.69, 9.17) is 9.05 Å². The first-order valence-electron chi connectivity index (χ1n) is 28.2. The van der Waals surface area contributed by atoms with Crippen molar-refractivity contribution in [3.63, 3.8) is 0 Å². The fourth-order valence-electron chi connectivity index (χ4n) is 7.14. The van der Waals surface area contributed by atoms with Gasteiger partial charge in [-0.1, -0.05) is 224 Å². The lowest BCUT2D eigenvalue weighted by Crippen LogP contribution is -2.45. The molecule has 3 atom stereocenters. The molecule has 0 bridgehead atoms. The van der Waals surface area contributed by atoms with E-state index in [1.807, 2.05) is 27.2 Å². The van der Waals surface area contributed by atoms with Crippen LogP contribution in [0.15, 0.2) is 146 Å². The molecule has 0 spiro atoms. The SMILES string of the molecule is CC/C=C\C/C=C\C/C=C\C/C=C\C/C=C\C/C=C\C/C=C\C/C=C\C/C=C\C/C=C\CCCCCCCCC(=O)NC(COP(=O)([O-])OCC[N+](C)(C)C)C(O)/C=C/CC/C=C/CCCCCCCCC. The van der Waals surface area contributed by atoms with Crippen LogP contribution in [-0.2, 0) is 18.4 Å². The Morgan fingerprint density at radius 2 is 0.861 bits per heavy atom. The fraction of sp³-hybridized carbons (Fsp3) is 0.603. The van der Waals surface area contributed by atoms with Crippen LogP contribution in [-0.4, -0.2) is 68.5 Å². The molecule has 72 heavy (non-hydrogen) atoms. The van der Waals surface area contributed by atoms with Gasteiger partial charge in [-0.2, -0.15) is 0 Å². The third-order valence-electron chi connectivity index (χ3n) is 11.5. The van der Waals surface area contributed by atoms with Crippen molar-refractivity contribution in [2.75, 3.05) is 40.9 Å². The predicted octanol–water partition coefficient (Wildman–Crippen LogP) is 16.7. The van der Waals surface area contributed by atoms with Gasteiger partial charge >= 0.3 is 0 Å². The van der Waals surface area contributed by atoms with Gasteiger partial charge in [0.05, 0.1) is 39.9 Å². The highest BCUT2D eigenvalue weighted by atomic mass is 31.2. The molecule has 408 valence electrons. The van der Waals surface area contributed by atoms with Crippen LogP contribution in [0.3, 0.4) is 0 Å². The number of amides is 1. The first-order valence-corrected chi connectivity index (χ1v) is 29.7. The summed E-state index contributed by atoms with van der Waals surface area (Å²) >= 11 is 0. The van der Waals surface area contributed by atoms with Crippen LogP contribution in [0.25, 0.3) is 0 Å². The topological polar surface area (TPSA) is 108 Å². The van der Waals surface area contributed by atoms with Crippen molar-refractivity contribution in [3.8, 4) is 0 Å². The first kappa shape index (κ1) is 68.4. The molecule has 0 aliphatic heterocycles. The first-order chi connectivity index (χ1) is 35.0. The summed E-state index contributed by atoms with van der Waals surface area (Å²) < 4.78 is 23.2. The molecule has 0 aromatic carbocycles. The summed E-state index contributed by atoms with van der Waals surface area (Å²) in [5, 5.41) is 13.8. The second-order valence-corrected chi connectivity index (χ2v) is 21.0. The van der Waals surface area contributed by atoms with Crippen molar-refractivity contribution in [2.45, 2.75) is 206 Å². The van der Waals surface area contributed by atoms with Crippen LogP contribution in [0.1, 0.15) is 194 Å². The lowest BCUT2D eigenvalue weighted by molar-refractivity contribution is -0.870. The molecule has 0 aliphatic rings. The van der Waals surface area contributed by atoms with Crippen LogP contribution >= 0.6 is 7.82 Å². The van der Waals surface area contributed by atoms with E-state index in [1.165, 1.54) is 44.9 Å². The second kappa shape index (κ2) is 52.3. The number of nitrogens with one attached hydrogen (secondary N) is 1. The van der Waals surface area contributed by atoms with Gasteiger partial charge in [0, 0.05) is 6.42 Å². The van der Waals surface area contributed by atoms with Crippen molar-refractivity contribution in [1.82, 2.24) is 5.32 Å². The molecule has 2 N–H and O–H groups in total. The van der Waals surface area contributed by atoms with Gasteiger partial charge < -0.3 is 28.8 Å². The lowest BCUT2D eigenvalue weighted by Gasteiger charge is -2.29. The molecule has 0 radical (unpaired) electrons. The van der Waals surface area contributed by atoms with Gasteiger partial charge in [0.25, 0.3) is 7.82 Å². The molecule has 1 amide bonds. The van der Waals surface area contributed by atoms with Gasteiger partial charge in [-0.3, -0.25) is 9.36 Å². The number of likely N-dealkylation sites (N-methyl/N-ethyl adjacent to an activating group) is 1. The number of allylic oxidation sites excluding steroid dienone is 23. The Bertz CT molecular complexity index is 1670. The number of hydrogen-bond acceptors (Lipinski definition) is 6. The Morgan fingerprint density at radius 1 is 0.500 bits per heavy atom. The summed E-state index contributed by atoms with van der Waals surface area (Å²) in [6.45, 7) is 4.46. The molecule has 8 nitrogen and oxygen atoms in total. The third-order valence-corrected chi connectivity index (χ3v) is 12.5. The molecular formula is C63H105N2O6P. The number of phosphoric ester groups is 1. The average Bonchev–Trinajstić information content (AvgIpc) is 3.34. The summed E-state index contributed by atoms with van der Waals surface area (Å²) in [4.78, 5) is 25.4. The summed E-state index contributed by atoms with van der Waals surface area (Å²) in [6.07, 6.45) is 80.7. The standard InChI is InChI=1S/C63H105N2O6P/c1-6-8-10-12-14-16-18-20-21-22-23-24-25-26-27-28-29-30-31-32-33-34-35-36-37-38-39-40-41-42-43-45-47-49-51-53-55-57-63(67)64-61(60-71-72(68,69)70-59-58-65(3,4)5)62(66)56-54-52-50-48-46-44-19-17-15-13-11-9-7-2/h8,10,14,16,20-21,23-24,26-27,29-30,32-33,35-36,38-39,41-42,46,48,54,56,61-62,66H,6-7,9,11-13,15,17-19,22,25,28,31,34,37,40,43-45,47,49-53,55,57-60H2,1-5H3,(H-,64,67,68,69)/b10-8-,16-14-,21-20-,24-23-,27-26-,30-29-,33-32-,36-35-,39-38-,42-41-,48-46+,56-54+. The van der Waals surface area contributed by atoms with E-state index in [-0.39, 0.29) is 12.5 Å². The number of carbonyl (C=O) groups is 1. The molecule has 3 unspecified atom stereocenters. The number of aliphatic hydroxyl groups excluding tert-OH is 1. The quantitative estimate of drug-likeness (QED) is 0.0272. The van der Waals surface area contributed by atoms with Gasteiger partial charge in [-0.25, -0.2) is 0 Å². The minimum absolute atomic E-state index is 0.0175. The van der Waals surface area contributed by atoms with Crippen LogP contribution in [0, 0.1) is 0 Å². The van der Waals surface area contributed by atoms with Crippen LogP contribution in [0.2, 0.25) is 0 Å². The van der Waals surface area contributed by atoms with Crippen molar-refractivity contribution in [3.05, 3.63) is 146 Å². The number of unbranched alkanes of at least 4 members (excludes halogenated alkanes) is 14. The Kier molecular flexibility index (Phi) is 49.6. The molecule has 0 saturated carbocycles. The normalized spacial score (nSPS) is 15.0. The van der Waals surface area contributed by atoms with Gasteiger partial charge in [-0.05, 0) is 109 Å². The second-order valence-electron chi connectivity index (χ2n) is 19.5. The average molecular weight is 1020 g/mol. The van der Waals surface area contributed by atoms with Crippen molar-refractivity contribution in [1.29, 1.82) is 0 Å². The highest BCUT2D eigenvalue weighted by Crippen LogP contribution is 2.38. The summed E-state index contributed by atoms with van der Waals surface area (Å²) in [5.74, 6) is -0.230. The smallest absolute Gasteiger partial charge is 0.268 e. The van der Waals surface area contributed by atoms with Crippen LogP contribution in [0.4, 0.5) is 0 Å². The summed E-state index contributed by atoms with van der Waals surface area (Å²) in [5.41, 5.74) is 0. The number of nitrogens with zero attached hydrogens (tertiary/aromatic N) is 1. The van der Waals surface area contributed by atoms with Gasteiger partial charge in [0.1, 0.15) is 13.2 Å². The summed E-state index contributed by atoms with van der Waals surface area (Å²) in [7, 11) is 1.21. The zero-order valence-electron chi connectivity index (χ0n) is 46.3. The molecule has 0 saturated heterocycles. The molecule has 0 fully saturated rings. The molecule has 9 heteroatoms. The Hall–Kier alpha value is -3.62. The van der Waals surface area contributed by atoms with Crippen LogP contribution in [0.5, 0.6) is 0 Å². The fourth-order valence-corrected chi connectivity index (χ4v) is 7.86. The number of phosphoric acid groups is 1. The lowest BCUT2D eigenvalue weighted by atomic mass is 10.1. The van der Waals surface area contributed by atoms with E-state index in [0.717, 1.165) is 128 Å². The minimum atomic E-state index is -4.61. The van der Waals surface area contributed by atoms with E-state index < -0.39 is 26.6 Å². The molecule has 0 heterocycles. The number of rotatable bonds is 49. The number of hydrogen-bond donors (Lipinski definition) is 2. The Balaban J connectivity index is 4.22. The molecule has 0 aliphatic carbocycles. The largest absolute Gasteiger partial charge is 0.756 e. The highest BCUT2D eigenvalue weighted by molar-refractivity contribution is 7.45. The van der Waals surface area contributed by atoms with Gasteiger partial charge in [-0.15, -0.1) is 0 Å². The van der Waals surface area contributed by atoms with E-state index in [1.54, 1.807) is 6.08 Å². The summed E-state index contributed by atoms with van der Waals surface area (Å²) in [6, 6.07) is -0.921. The zero-order valence-corrected chi connectivity index (χ0v) is 47.2. The monoisotopic (exact) mass is 1020 g/mol. The van der Waals surface area contributed by atoms with Crippen molar-refractivity contribution < 1.29 is 32.9 Å². The van der Waals surface area contributed by atoms with Gasteiger partial charge in [0.15, 0.2) is 0 Å². The van der Waals surface area contributed by atoms with E-state index in [2.05, 4.69) is 153 Å². The number of quaternary nitrogens is 1. The predicted molar refractivity (Wildman–Crippen MR) is 311 cm³/mol. The molecular weight excluding hydrogens is 912 g/mol. The van der Waals surface area contributed by atoms with E-state index in [9.17, 15) is 19.4 Å². The van der Waals surface area contributed by atoms with Gasteiger partial charge in [0.2, 0.25) is 5.91 Å². The van der Waals surface area contributed by atoms with E-state index >= 15 is 0 Å². The molecule has 0 rings (SSSR count). The Labute approximate surface area is 442 Å².